The SMILES string of the molecule is Cc1cncn(CC2CCN(C(=O)C3CC=CC3)CC2)c1=O. The molecule has 0 saturated carbocycles. The predicted molar refractivity (Wildman–Crippen MR) is 84.4 cm³/mol. The van der Waals surface area contributed by atoms with Gasteiger partial charge in [-0.05, 0) is 38.5 Å². The molecule has 0 atom stereocenters. The van der Waals surface area contributed by atoms with Gasteiger partial charge in [-0.3, -0.25) is 14.2 Å². The molecule has 1 aliphatic heterocycles. The van der Waals surface area contributed by atoms with Crippen LogP contribution in [0, 0.1) is 18.8 Å². The van der Waals surface area contributed by atoms with Crippen molar-refractivity contribution in [3.05, 3.63) is 40.6 Å². The standard InChI is InChI=1S/C17H23N3O2/c1-13-10-18-12-20(16(13)21)11-14-6-8-19(9-7-14)17(22)15-4-2-3-5-15/h2-3,10,12,14-15H,4-9,11H2,1H3. The number of carbonyl (C=O) groups excluding carboxylic acids is 1. The van der Waals surface area contributed by atoms with Crippen LogP contribution in [0.15, 0.2) is 29.5 Å². The molecule has 1 aliphatic carbocycles. The van der Waals surface area contributed by atoms with Crippen LogP contribution in [-0.2, 0) is 11.3 Å². The lowest BCUT2D eigenvalue weighted by Gasteiger charge is -2.33. The Morgan fingerprint density at radius 1 is 1.27 bits per heavy atom. The molecule has 1 saturated heterocycles. The Hall–Kier alpha value is -1.91. The molecule has 0 spiro atoms. The third kappa shape index (κ3) is 3.13. The normalized spacial score (nSPS) is 19.8. The van der Waals surface area contributed by atoms with Gasteiger partial charge in [0.25, 0.3) is 5.56 Å². The van der Waals surface area contributed by atoms with Crippen molar-refractivity contribution in [2.75, 3.05) is 13.1 Å². The second kappa shape index (κ2) is 6.46. The Bertz CT molecular complexity index is 619. The van der Waals surface area contributed by atoms with Crippen molar-refractivity contribution in [2.45, 2.75) is 39.2 Å². The molecule has 22 heavy (non-hydrogen) atoms. The molecule has 2 aliphatic rings. The molecule has 0 aromatic carbocycles. The Morgan fingerprint density at radius 2 is 1.95 bits per heavy atom. The molecule has 0 bridgehead atoms. The Morgan fingerprint density at radius 3 is 2.64 bits per heavy atom. The van der Waals surface area contributed by atoms with Gasteiger partial charge in [-0.25, -0.2) is 4.98 Å². The summed E-state index contributed by atoms with van der Waals surface area (Å²) in [5.74, 6) is 0.921. The summed E-state index contributed by atoms with van der Waals surface area (Å²) in [6.45, 7) is 4.13. The number of allylic oxidation sites excluding steroid dienone is 2. The van der Waals surface area contributed by atoms with E-state index in [1.54, 1.807) is 24.0 Å². The maximum Gasteiger partial charge on any atom is 0.256 e. The number of hydrogen-bond donors (Lipinski definition) is 0. The van der Waals surface area contributed by atoms with E-state index in [1.165, 1.54) is 0 Å². The first kappa shape index (κ1) is 15.0. The molecular weight excluding hydrogens is 278 g/mol. The topological polar surface area (TPSA) is 55.2 Å². The van der Waals surface area contributed by atoms with Crippen molar-refractivity contribution in [1.29, 1.82) is 0 Å². The smallest absolute Gasteiger partial charge is 0.256 e. The number of aromatic nitrogens is 2. The van der Waals surface area contributed by atoms with Gasteiger partial charge in [-0.1, -0.05) is 12.2 Å². The first-order valence-corrected chi connectivity index (χ1v) is 8.10. The van der Waals surface area contributed by atoms with Gasteiger partial charge in [-0.15, -0.1) is 0 Å². The van der Waals surface area contributed by atoms with E-state index >= 15 is 0 Å². The van der Waals surface area contributed by atoms with E-state index in [4.69, 9.17) is 0 Å². The molecule has 0 N–H and O–H groups in total. The van der Waals surface area contributed by atoms with Crippen LogP contribution in [0.25, 0.3) is 0 Å². The Labute approximate surface area is 130 Å². The van der Waals surface area contributed by atoms with Crippen molar-refractivity contribution < 1.29 is 4.79 Å². The highest BCUT2D eigenvalue weighted by molar-refractivity contribution is 5.79. The van der Waals surface area contributed by atoms with Crippen LogP contribution >= 0.6 is 0 Å². The molecular formula is C17H23N3O2. The second-order valence-electron chi connectivity index (χ2n) is 6.44. The molecule has 0 radical (unpaired) electrons. The molecule has 1 fully saturated rings. The second-order valence-corrected chi connectivity index (χ2v) is 6.44. The molecule has 1 aromatic rings. The molecule has 0 unspecified atom stereocenters. The number of carbonyl (C=O) groups is 1. The molecule has 5 nitrogen and oxygen atoms in total. The number of rotatable bonds is 3. The van der Waals surface area contributed by atoms with Gasteiger partial charge in [0.05, 0.1) is 6.33 Å². The van der Waals surface area contributed by atoms with E-state index in [1.807, 2.05) is 4.90 Å². The zero-order valence-corrected chi connectivity index (χ0v) is 13.1. The van der Waals surface area contributed by atoms with Crippen LogP contribution in [0.2, 0.25) is 0 Å². The third-order valence-corrected chi connectivity index (χ3v) is 4.81. The fourth-order valence-electron chi connectivity index (χ4n) is 3.38. The van der Waals surface area contributed by atoms with Crippen LogP contribution in [0.4, 0.5) is 0 Å². The van der Waals surface area contributed by atoms with Gasteiger partial charge in [-0.2, -0.15) is 0 Å². The number of hydrogen-bond acceptors (Lipinski definition) is 3. The van der Waals surface area contributed by atoms with Gasteiger partial charge in [0.1, 0.15) is 0 Å². The molecule has 1 aromatic heterocycles. The van der Waals surface area contributed by atoms with Gasteiger partial charge in [0, 0.05) is 37.3 Å². The predicted octanol–water partition coefficient (Wildman–Crippen LogP) is 1.76. The molecule has 5 heteroatoms. The molecule has 1 amide bonds. The van der Waals surface area contributed by atoms with E-state index in [9.17, 15) is 9.59 Å². The number of amides is 1. The van der Waals surface area contributed by atoms with Crippen LogP contribution in [0.5, 0.6) is 0 Å². The van der Waals surface area contributed by atoms with Gasteiger partial charge in [0.15, 0.2) is 0 Å². The van der Waals surface area contributed by atoms with Crippen LogP contribution in [0.1, 0.15) is 31.2 Å². The quantitative estimate of drug-likeness (QED) is 0.799. The van der Waals surface area contributed by atoms with Gasteiger partial charge in [0.2, 0.25) is 5.91 Å². The monoisotopic (exact) mass is 301 g/mol. The van der Waals surface area contributed by atoms with E-state index in [0.717, 1.165) is 38.8 Å². The van der Waals surface area contributed by atoms with E-state index in [2.05, 4.69) is 17.1 Å². The lowest BCUT2D eigenvalue weighted by atomic mass is 9.95. The largest absolute Gasteiger partial charge is 0.342 e. The fraction of sp³-hybridized carbons (Fsp3) is 0.588. The lowest BCUT2D eigenvalue weighted by molar-refractivity contribution is -0.136. The zero-order chi connectivity index (χ0) is 15.5. The summed E-state index contributed by atoms with van der Waals surface area (Å²) in [7, 11) is 0. The lowest BCUT2D eigenvalue weighted by Crippen LogP contribution is -2.42. The Kier molecular flexibility index (Phi) is 4.41. The minimum absolute atomic E-state index is 0.0468. The Balaban J connectivity index is 1.54. The number of nitrogens with zero attached hydrogens (tertiary/aromatic N) is 3. The highest BCUT2D eigenvalue weighted by Crippen LogP contribution is 2.24. The third-order valence-electron chi connectivity index (χ3n) is 4.81. The van der Waals surface area contributed by atoms with E-state index < -0.39 is 0 Å². The van der Waals surface area contributed by atoms with Gasteiger partial charge < -0.3 is 4.90 Å². The zero-order valence-electron chi connectivity index (χ0n) is 13.1. The maximum atomic E-state index is 12.4. The van der Waals surface area contributed by atoms with Crippen molar-refractivity contribution in [2.24, 2.45) is 11.8 Å². The van der Waals surface area contributed by atoms with Gasteiger partial charge >= 0.3 is 0 Å². The summed E-state index contributed by atoms with van der Waals surface area (Å²) >= 11 is 0. The molecule has 3 rings (SSSR count). The summed E-state index contributed by atoms with van der Waals surface area (Å²) in [6.07, 6.45) is 11.1. The minimum Gasteiger partial charge on any atom is -0.342 e. The first-order valence-electron chi connectivity index (χ1n) is 8.10. The van der Waals surface area contributed by atoms with Crippen LogP contribution in [0.3, 0.4) is 0 Å². The average molecular weight is 301 g/mol. The van der Waals surface area contributed by atoms with Crippen molar-refractivity contribution in [1.82, 2.24) is 14.5 Å². The molecule has 2 heterocycles. The van der Waals surface area contributed by atoms with Crippen LogP contribution in [-0.4, -0.2) is 33.4 Å². The fourth-order valence-corrected chi connectivity index (χ4v) is 3.38. The minimum atomic E-state index is 0.0468. The summed E-state index contributed by atoms with van der Waals surface area (Å²) in [4.78, 5) is 30.5. The average Bonchev–Trinajstić information content (AvgIpc) is 3.06. The summed E-state index contributed by atoms with van der Waals surface area (Å²) in [5, 5.41) is 0. The highest BCUT2D eigenvalue weighted by atomic mass is 16.2. The van der Waals surface area contributed by atoms with Crippen molar-refractivity contribution >= 4 is 5.91 Å². The number of likely N-dealkylation sites (tertiary alicyclic amines) is 1. The van der Waals surface area contributed by atoms with Crippen molar-refractivity contribution in [3.63, 3.8) is 0 Å². The first-order chi connectivity index (χ1) is 10.6. The van der Waals surface area contributed by atoms with E-state index in [0.29, 0.717) is 23.9 Å². The molecule has 118 valence electrons. The van der Waals surface area contributed by atoms with Crippen molar-refractivity contribution in [3.8, 4) is 0 Å². The summed E-state index contributed by atoms with van der Waals surface area (Å²) in [6, 6.07) is 0. The highest BCUT2D eigenvalue weighted by Gasteiger charge is 2.28. The summed E-state index contributed by atoms with van der Waals surface area (Å²) in [5.41, 5.74) is 0.731. The van der Waals surface area contributed by atoms with E-state index in [-0.39, 0.29) is 11.5 Å². The van der Waals surface area contributed by atoms with Crippen LogP contribution < -0.4 is 5.56 Å². The summed E-state index contributed by atoms with van der Waals surface area (Å²) < 4.78 is 1.71. The number of piperidine rings is 1. The number of aryl methyl sites for hydroxylation is 1. The maximum absolute atomic E-state index is 12.4.